The van der Waals surface area contributed by atoms with Gasteiger partial charge in [0, 0.05) is 26.3 Å². The predicted octanol–water partition coefficient (Wildman–Crippen LogP) is 2.28. The topological polar surface area (TPSA) is 63.7 Å². The maximum Gasteiger partial charge on any atom is 0.255 e. The smallest absolute Gasteiger partial charge is 0.255 e. The summed E-state index contributed by atoms with van der Waals surface area (Å²) in [6, 6.07) is 0.971. The largest absolute Gasteiger partial charge is 0.385 e. The highest BCUT2D eigenvalue weighted by Gasteiger charge is 2.35. The Balaban J connectivity index is 2.29. The van der Waals surface area contributed by atoms with Crippen LogP contribution in [0.4, 0.5) is 8.78 Å². The normalized spacial score (nSPS) is 19.4. The summed E-state index contributed by atoms with van der Waals surface area (Å²) in [6.07, 6.45) is 0.794. The lowest BCUT2D eigenvalue weighted by atomic mass is 10.1. The van der Waals surface area contributed by atoms with Crippen molar-refractivity contribution in [3.05, 3.63) is 34.4 Å². The molecule has 24 heavy (non-hydrogen) atoms. The molecular weight excluding hydrogens is 364 g/mol. The number of methoxy groups -OCH3 is 1. The standard InChI is InChI=1S/C15H18ClF2NO4S/c1-23-5-2-4-19(10-3-6-24(21,22)9-10)15(20)11-7-13(17)14(18)8-12(11)16/h7-8,10H,2-6,9H2,1H3. The van der Waals surface area contributed by atoms with E-state index >= 15 is 0 Å². The first kappa shape index (κ1) is 19.1. The highest BCUT2D eigenvalue weighted by molar-refractivity contribution is 7.91. The number of rotatable bonds is 6. The van der Waals surface area contributed by atoms with Crippen LogP contribution < -0.4 is 0 Å². The molecule has 5 nitrogen and oxygen atoms in total. The Kier molecular flexibility index (Phi) is 6.17. The third-order valence-electron chi connectivity index (χ3n) is 3.90. The molecule has 0 aliphatic carbocycles. The number of sulfone groups is 1. The molecule has 1 aromatic rings. The molecule has 1 aromatic carbocycles. The second-order valence-corrected chi connectivity index (χ2v) is 8.28. The van der Waals surface area contributed by atoms with E-state index in [1.165, 1.54) is 12.0 Å². The van der Waals surface area contributed by atoms with E-state index in [4.69, 9.17) is 16.3 Å². The fourth-order valence-corrected chi connectivity index (χ4v) is 4.65. The average molecular weight is 382 g/mol. The van der Waals surface area contributed by atoms with E-state index in [0.29, 0.717) is 19.4 Å². The molecular formula is C15H18ClF2NO4S. The van der Waals surface area contributed by atoms with Gasteiger partial charge in [0.25, 0.3) is 5.91 Å². The minimum absolute atomic E-state index is 0.00274. The Morgan fingerprint density at radius 3 is 2.62 bits per heavy atom. The highest BCUT2D eigenvalue weighted by Crippen LogP contribution is 2.25. The van der Waals surface area contributed by atoms with Crippen molar-refractivity contribution in [1.29, 1.82) is 0 Å². The third-order valence-corrected chi connectivity index (χ3v) is 5.96. The van der Waals surface area contributed by atoms with Crippen LogP contribution in [0.3, 0.4) is 0 Å². The lowest BCUT2D eigenvalue weighted by Gasteiger charge is -2.28. The lowest BCUT2D eigenvalue weighted by Crippen LogP contribution is -2.42. The summed E-state index contributed by atoms with van der Waals surface area (Å²) < 4.78 is 55.0. The first-order valence-corrected chi connectivity index (χ1v) is 9.60. The number of ether oxygens (including phenoxy) is 1. The van der Waals surface area contributed by atoms with Gasteiger partial charge in [0.2, 0.25) is 0 Å². The molecule has 2 rings (SSSR count). The fraction of sp³-hybridized carbons (Fsp3) is 0.533. The van der Waals surface area contributed by atoms with Crippen molar-refractivity contribution in [1.82, 2.24) is 4.90 Å². The van der Waals surface area contributed by atoms with E-state index in [1.807, 2.05) is 0 Å². The molecule has 0 saturated carbocycles. The predicted molar refractivity (Wildman–Crippen MR) is 86.0 cm³/mol. The van der Waals surface area contributed by atoms with E-state index < -0.39 is 33.4 Å². The summed E-state index contributed by atoms with van der Waals surface area (Å²) in [4.78, 5) is 14.1. The van der Waals surface area contributed by atoms with Gasteiger partial charge in [-0.2, -0.15) is 0 Å². The molecule has 1 heterocycles. The molecule has 0 bridgehead atoms. The van der Waals surface area contributed by atoms with Gasteiger partial charge in [0.05, 0.1) is 22.1 Å². The lowest BCUT2D eigenvalue weighted by molar-refractivity contribution is 0.0674. The van der Waals surface area contributed by atoms with Gasteiger partial charge in [0.1, 0.15) is 0 Å². The minimum atomic E-state index is -3.20. The van der Waals surface area contributed by atoms with Crippen LogP contribution in [-0.2, 0) is 14.6 Å². The second-order valence-electron chi connectivity index (χ2n) is 5.65. The van der Waals surface area contributed by atoms with Crippen molar-refractivity contribution in [2.75, 3.05) is 31.8 Å². The monoisotopic (exact) mass is 381 g/mol. The molecule has 134 valence electrons. The summed E-state index contributed by atoms with van der Waals surface area (Å²) in [7, 11) is -1.69. The van der Waals surface area contributed by atoms with Crippen LogP contribution >= 0.6 is 11.6 Å². The maximum absolute atomic E-state index is 13.5. The number of carbonyl (C=O) groups excluding carboxylic acids is 1. The minimum Gasteiger partial charge on any atom is -0.385 e. The van der Waals surface area contributed by atoms with Crippen LogP contribution in [-0.4, -0.2) is 57.0 Å². The molecule has 0 radical (unpaired) electrons. The first-order chi connectivity index (χ1) is 11.2. The summed E-state index contributed by atoms with van der Waals surface area (Å²) in [5.41, 5.74) is -0.183. The molecule has 0 spiro atoms. The van der Waals surface area contributed by atoms with Crippen molar-refractivity contribution < 1.29 is 26.7 Å². The number of nitrogens with zero attached hydrogens (tertiary/aromatic N) is 1. The zero-order valence-corrected chi connectivity index (χ0v) is 14.7. The van der Waals surface area contributed by atoms with Crippen LogP contribution in [0.25, 0.3) is 0 Å². The Labute approximate surface area is 144 Å². The number of amides is 1. The second kappa shape index (κ2) is 7.76. The summed E-state index contributed by atoms with van der Waals surface area (Å²) >= 11 is 5.87. The molecule has 1 aliphatic rings. The van der Waals surface area contributed by atoms with Gasteiger partial charge in [-0.15, -0.1) is 0 Å². The van der Waals surface area contributed by atoms with Crippen molar-refractivity contribution in [3.8, 4) is 0 Å². The van der Waals surface area contributed by atoms with Crippen molar-refractivity contribution in [3.63, 3.8) is 0 Å². The Morgan fingerprint density at radius 2 is 2.04 bits per heavy atom. The third kappa shape index (κ3) is 4.43. The highest BCUT2D eigenvalue weighted by atomic mass is 35.5. The van der Waals surface area contributed by atoms with E-state index in [1.54, 1.807) is 0 Å². The molecule has 1 atom stereocenters. The zero-order chi connectivity index (χ0) is 17.9. The van der Waals surface area contributed by atoms with Crippen molar-refractivity contribution in [2.24, 2.45) is 0 Å². The summed E-state index contributed by atoms with van der Waals surface area (Å²) in [5.74, 6) is -3.09. The molecule has 1 saturated heterocycles. The molecule has 1 unspecified atom stereocenters. The van der Waals surface area contributed by atoms with Gasteiger partial charge < -0.3 is 9.64 Å². The van der Waals surface area contributed by atoms with Gasteiger partial charge in [-0.1, -0.05) is 11.6 Å². The number of hydrogen-bond donors (Lipinski definition) is 0. The molecule has 0 aromatic heterocycles. The van der Waals surface area contributed by atoms with Crippen LogP contribution in [0.1, 0.15) is 23.2 Å². The van der Waals surface area contributed by atoms with Crippen LogP contribution in [0.15, 0.2) is 12.1 Å². The van der Waals surface area contributed by atoms with E-state index in [0.717, 1.165) is 12.1 Å². The van der Waals surface area contributed by atoms with Gasteiger partial charge in [0.15, 0.2) is 21.5 Å². The van der Waals surface area contributed by atoms with E-state index in [9.17, 15) is 22.0 Å². The number of benzene rings is 1. The zero-order valence-electron chi connectivity index (χ0n) is 13.1. The van der Waals surface area contributed by atoms with Crippen LogP contribution in [0, 0.1) is 11.6 Å². The Hall–Kier alpha value is -1.25. The van der Waals surface area contributed by atoms with Crippen LogP contribution in [0.2, 0.25) is 5.02 Å². The Morgan fingerprint density at radius 1 is 1.38 bits per heavy atom. The molecule has 0 N–H and O–H groups in total. The van der Waals surface area contributed by atoms with Gasteiger partial charge >= 0.3 is 0 Å². The molecule has 9 heteroatoms. The molecule has 1 aliphatic heterocycles. The first-order valence-electron chi connectivity index (χ1n) is 7.40. The summed E-state index contributed by atoms with van der Waals surface area (Å²) in [5, 5.41) is -0.212. The number of carbonyl (C=O) groups is 1. The number of halogens is 3. The SMILES string of the molecule is COCCCN(C(=O)c1cc(F)c(F)cc1Cl)C1CCS(=O)(=O)C1. The van der Waals surface area contributed by atoms with E-state index in [2.05, 4.69) is 0 Å². The van der Waals surface area contributed by atoms with Crippen LogP contribution in [0.5, 0.6) is 0 Å². The quantitative estimate of drug-likeness (QED) is 0.560. The van der Waals surface area contributed by atoms with Crippen molar-refractivity contribution >= 4 is 27.3 Å². The Bertz CT molecular complexity index is 726. The van der Waals surface area contributed by atoms with Gasteiger partial charge in [-0.3, -0.25) is 4.79 Å². The molecule has 1 amide bonds. The van der Waals surface area contributed by atoms with E-state index in [-0.39, 0.29) is 28.6 Å². The fourth-order valence-electron chi connectivity index (χ4n) is 2.69. The van der Waals surface area contributed by atoms with Gasteiger partial charge in [-0.25, -0.2) is 17.2 Å². The summed E-state index contributed by atoms with van der Waals surface area (Å²) in [6.45, 7) is 0.622. The van der Waals surface area contributed by atoms with Crippen molar-refractivity contribution in [2.45, 2.75) is 18.9 Å². The average Bonchev–Trinajstić information content (AvgIpc) is 2.86. The van der Waals surface area contributed by atoms with Gasteiger partial charge in [-0.05, 0) is 25.0 Å². The molecule has 1 fully saturated rings. The maximum atomic E-state index is 13.5. The number of hydrogen-bond acceptors (Lipinski definition) is 4.